The molecular formula is C24H37LiO10. The zero-order valence-corrected chi connectivity index (χ0v) is 22.2. The van der Waals surface area contributed by atoms with Crippen molar-refractivity contribution >= 4 is 29.4 Å². The Balaban J connectivity index is 0. The van der Waals surface area contributed by atoms with Gasteiger partial charge in [-0.25, -0.2) is 0 Å². The number of hydrogen-bond acceptors (Lipinski definition) is 10. The van der Waals surface area contributed by atoms with Crippen LogP contribution >= 0.6 is 0 Å². The molecule has 10 nitrogen and oxygen atoms in total. The molecule has 194 valence electrons. The largest absolute Gasteiger partial charge is 1.00 e. The maximum Gasteiger partial charge on any atom is 1.00 e. The summed E-state index contributed by atoms with van der Waals surface area (Å²) in [6, 6.07) is 0. The van der Waals surface area contributed by atoms with Crippen LogP contribution in [-0.4, -0.2) is 78.3 Å². The van der Waals surface area contributed by atoms with Crippen LogP contribution in [0, 0.1) is 0 Å². The van der Waals surface area contributed by atoms with E-state index >= 15 is 0 Å². The van der Waals surface area contributed by atoms with Gasteiger partial charge < -0.3 is 28.8 Å². The number of rotatable bonds is 6. The summed E-state index contributed by atoms with van der Waals surface area (Å²) in [5, 5.41) is 9.33. The van der Waals surface area contributed by atoms with E-state index in [2.05, 4.69) is 6.58 Å². The Morgan fingerprint density at radius 1 is 0.743 bits per heavy atom. The first-order valence-corrected chi connectivity index (χ1v) is 11.0. The van der Waals surface area contributed by atoms with Crippen molar-refractivity contribution in [1.29, 1.82) is 0 Å². The SMILES string of the molecule is C=C(C)[O-].CC(=O)CC(=O)[C@@H]1O[C@H]1C.CC(=O)[C@@H]1O[C@H]1C.CC(=O)[C@@H]1O[C@H]1C.C[C@@H]1O[C@H]1C=O.[Li+]. The molecule has 0 N–H and O–H groups in total. The fourth-order valence-corrected chi connectivity index (χ4v) is 2.44. The summed E-state index contributed by atoms with van der Waals surface area (Å²) in [6.45, 7) is 16.4. The molecule has 0 aromatic heterocycles. The van der Waals surface area contributed by atoms with Crippen LogP contribution in [0.2, 0.25) is 0 Å². The maximum absolute atomic E-state index is 10.9. The topological polar surface area (TPSA) is 159 Å². The molecule has 0 spiro atoms. The van der Waals surface area contributed by atoms with Crippen LogP contribution in [-0.2, 0) is 42.9 Å². The predicted molar refractivity (Wildman–Crippen MR) is 120 cm³/mol. The van der Waals surface area contributed by atoms with Gasteiger partial charge in [0, 0.05) is 0 Å². The van der Waals surface area contributed by atoms with E-state index in [1.807, 2.05) is 27.7 Å². The molecule has 0 aromatic carbocycles. The van der Waals surface area contributed by atoms with Gasteiger partial charge in [0.2, 0.25) is 0 Å². The zero-order valence-electron chi connectivity index (χ0n) is 22.2. The predicted octanol–water partition coefficient (Wildman–Crippen LogP) is -2.10. The first kappa shape index (κ1) is 35.5. The van der Waals surface area contributed by atoms with Crippen LogP contribution in [0.4, 0.5) is 0 Å². The number of carbonyl (C=O) groups excluding carboxylic acids is 5. The van der Waals surface area contributed by atoms with E-state index in [-0.39, 0.29) is 103 Å². The van der Waals surface area contributed by atoms with Gasteiger partial charge in [-0.3, -0.25) is 19.2 Å². The summed E-state index contributed by atoms with van der Waals surface area (Å²) in [5.74, 6) is 0.0349. The van der Waals surface area contributed by atoms with Crippen LogP contribution < -0.4 is 24.0 Å². The average molecular weight is 492 g/mol. The average Bonchev–Trinajstić information content (AvgIpc) is 3.49. The standard InChI is InChI=1S/C7H10O3.2C5H8O2.C4H6O2.C3H6O.Li/c1-4(8)3-6(9)7-5(2)10-7;2*1-3(6)5-4(2)7-5;1-3-4(2-5)6-3;1-3(2)4;/h5,7H,3H2,1-2H3;2*4-5H,1-2H3;2-4H,1H3;4H,1H2,2H3;/q;;;;;+1/p-1/t5-,7+;2*4-,5-;3-,4-;;/m0000../s1. The number of ketones is 4. The minimum atomic E-state index is -0.288. The molecule has 0 saturated carbocycles. The number of aldehydes is 1. The molecule has 4 heterocycles. The second-order valence-corrected chi connectivity index (χ2v) is 8.50. The third-order valence-electron chi connectivity index (χ3n) is 4.57. The molecule has 8 atom stereocenters. The molecule has 4 aliphatic rings. The Labute approximate surface area is 219 Å². The Bertz CT molecular complexity index is 723. The summed E-state index contributed by atoms with van der Waals surface area (Å²) in [4.78, 5) is 51.5. The molecule has 0 aliphatic carbocycles. The van der Waals surface area contributed by atoms with Crippen molar-refractivity contribution in [2.45, 2.75) is 111 Å². The molecule has 0 aromatic rings. The third kappa shape index (κ3) is 18.3. The number of Topliss-reactive ketones (excluding diaryl/α,β-unsaturated/α-hetero) is 4. The van der Waals surface area contributed by atoms with E-state index < -0.39 is 0 Å². The molecule has 0 unspecified atom stereocenters. The third-order valence-corrected chi connectivity index (χ3v) is 4.57. The fourth-order valence-electron chi connectivity index (χ4n) is 2.44. The monoisotopic (exact) mass is 492 g/mol. The van der Waals surface area contributed by atoms with Crippen molar-refractivity contribution in [3.05, 3.63) is 12.3 Å². The van der Waals surface area contributed by atoms with Gasteiger partial charge in [0.25, 0.3) is 0 Å². The zero-order chi connectivity index (χ0) is 26.7. The van der Waals surface area contributed by atoms with E-state index in [9.17, 15) is 29.1 Å². The summed E-state index contributed by atoms with van der Waals surface area (Å²) in [5.41, 5.74) is 0. The van der Waals surface area contributed by atoms with Gasteiger partial charge in [0.05, 0.1) is 30.8 Å². The van der Waals surface area contributed by atoms with Gasteiger partial charge in [-0.1, -0.05) is 6.92 Å². The van der Waals surface area contributed by atoms with Crippen molar-refractivity contribution in [1.82, 2.24) is 0 Å². The second kappa shape index (κ2) is 16.9. The van der Waals surface area contributed by atoms with Gasteiger partial charge in [0.15, 0.2) is 23.6 Å². The summed E-state index contributed by atoms with van der Waals surface area (Å²) < 4.78 is 19.2. The van der Waals surface area contributed by atoms with Crippen molar-refractivity contribution in [2.75, 3.05) is 0 Å². The summed E-state index contributed by atoms with van der Waals surface area (Å²) in [6.07, 6.45) is 0.956. The van der Waals surface area contributed by atoms with Crippen LogP contribution in [0.1, 0.15) is 61.8 Å². The van der Waals surface area contributed by atoms with Gasteiger partial charge >= 0.3 is 18.9 Å². The van der Waals surface area contributed by atoms with E-state index in [0.29, 0.717) is 0 Å². The number of carbonyl (C=O) groups is 5. The van der Waals surface area contributed by atoms with E-state index in [1.165, 1.54) is 13.8 Å². The number of ether oxygens (including phenoxy) is 4. The number of epoxide rings is 4. The van der Waals surface area contributed by atoms with Crippen LogP contribution in [0.5, 0.6) is 0 Å². The van der Waals surface area contributed by atoms with Crippen LogP contribution in [0.3, 0.4) is 0 Å². The van der Waals surface area contributed by atoms with Crippen LogP contribution in [0.15, 0.2) is 12.3 Å². The Hall–Kier alpha value is -1.67. The Morgan fingerprint density at radius 2 is 1.03 bits per heavy atom. The van der Waals surface area contributed by atoms with Crippen molar-refractivity contribution in [2.24, 2.45) is 0 Å². The summed E-state index contributed by atoms with van der Waals surface area (Å²) in [7, 11) is 0. The van der Waals surface area contributed by atoms with E-state index in [1.54, 1.807) is 13.8 Å². The van der Waals surface area contributed by atoms with Crippen molar-refractivity contribution < 1.29 is 66.9 Å². The molecule has 0 amide bonds. The first-order valence-electron chi connectivity index (χ1n) is 11.0. The normalized spacial score (nSPS) is 31.7. The Kier molecular flexibility index (Phi) is 17.1. The van der Waals surface area contributed by atoms with Gasteiger partial charge in [-0.2, -0.15) is 0 Å². The number of hydrogen-bond donors (Lipinski definition) is 0. The fraction of sp³-hybridized carbons (Fsp3) is 0.708. The van der Waals surface area contributed by atoms with Gasteiger partial charge in [0.1, 0.15) is 30.2 Å². The molecule has 4 fully saturated rings. The van der Waals surface area contributed by atoms with Gasteiger partial charge in [-0.05, 0) is 48.5 Å². The molecule has 11 heteroatoms. The molecule has 4 rings (SSSR count). The summed E-state index contributed by atoms with van der Waals surface area (Å²) >= 11 is 0. The van der Waals surface area contributed by atoms with Gasteiger partial charge in [-0.15, -0.1) is 12.3 Å². The quantitative estimate of drug-likeness (QED) is 0.132. The molecule has 4 aliphatic heterocycles. The molecular weight excluding hydrogens is 455 g/mol. The molecule has 35 heavy (non-hydrogen) atoms. The van der Waals surface area contributed by atoms with Crippen molar-refractivity contribution in [3.8, 4) is 0 Å². The first-order chi connectivity index (χ1) is 15.6. The molecule has 0 radical (unpaired) electrons. The molecule has 4 saturated heterocycles. The maximum atomic E-state index is 10.9. The minimum Gasteiger partial charge on any atom is -0.876 e. The van der Waals surface area contributed by atoms with Crippen LogP contribution in [0.25, 0.3) is 0 Å². The number of allylic oxidation sites excluding steroid dienone is 1. The molecule has 0 bridgehead atoms. The second-order valence-electron chi connectivity index (χ2n) is 8.50. The van der Waals surface area contributed by atoms with Crippen molar-refractivity contribution in [3.63, 3.8) is 0 Å². The Morgan fingerprint density at radius 3 is 1.11 bits per heavy atom. The smallest absolute Gasteiger partial charge is 0.876 e. The minimum absolute atomic E-state index is 0. The van der Waals surface area contributed by atoms with E-state index in [0.717, 1.165) is 6.29 Å². The van der Waals surface area contributed by atoms with E-state index in [4.69, 9.17) is 18.9 Å².